The number of sulfone groups is 1. The van der Waals surface area contributed by atoms with Gasteiger partial charge >= 0.3 is 0 Å². The summed E-state index contributed by atoms with van der Waals surface area (Å²) in [7, 11) is -2.99. The van der Waals surface area contributed by atoms with E-state index in [4.69, 9.17) is 4.74 Å². The maximum Gasteiger partial charge on any atom is 0.153 e. The SMILES string of the molecule is CC(C)OC1CCC2NNC(c3cc(N4CC(S(C)(=O)=O)C4)ncn3)C2C1. The van der Waals surface area contributed by atoms with Crippen molar-refractivity contribution in [2.24, 2.45) is 5.92 Å². The zero-order chi connectivity index (χ0) is 19.2. The summed E-state index contributed by atoms with van der Waals surface area (Å²) < 4.78 is 29.3. The average molecular weight is 396 g/mol. The Kier molecular flexibility index (Phi) is 5.13. The van der Waals surface area contributed by atoms with E-state index in [0.29, 0.717) is 31.2 Å². The molecule has 8 nitrogen and oxygen atoms in total. The van der Waals surface area contributed by atoms with E-state index in [1.165, 1.54) is 6.26 Å². The number of hydrogen-bond donors (Lipinski definition) is 2. The predicted molar refractivity (Wildman–Crippen MR) is 103 cm³/mol. The van der Waals surface area contributed by atoms with Gasteiger partial charge in [-0.05, 0) is 33.1 Å². The van der Waals surface area contributed by atoms with Gasteiger partial charge in [-0.3, -0.25) is 5.43 Å². The van der Waals surface area contributed by atoms with E-state index < -0.39 is 9.84 Å². The zero-order valence-electron chi connectivity index (χ0n) is 16.1. The maximum absolute atomic E-state index is 11.6. The number of anilines is 1. The first-order valence-corrected chi connectivity index (χ1v) is 11.7. The Morgan fingerprint density at radius 3 is 2.70 bits per heavy atom. The third-order valence-electron chi connectivity index (χ3n) is 5.94. The quantitative estimate of drug-likeness (QED) is 0.757. The van der Waals surface area contributed by atoms with Crippen molar-refractivity contribution in [2.75, 3.05) is 24.2 Å². The maximum atomic E-state index is 11.6. The molecule has 0 radical (unpaired) electrons. The van der Waals surface area contributed by atoms with Crippen molar-refractivity contribution in [2.45, 2.75) is 62.7 Å². The molecular formula is C18H29N5O3S. The molecule has 3 aliphatic rings. The highest BCUT2D eigenvalue weighted by atomic mass is 32.2. The van der Waals surface area contributed by atoms with E-state index >= 15 is 0 Å². The number of aromatic nitrogens is 2. The number of hydrazine groups is 1. The van der Waals surface area contributed by atoms with Crippen LogP contribution in [-0.2, 0) is 14.6 Å². The minimum Gasteiger partial charge on any atom is -0.376 e. The van der Waals surface area contributed by atoms with Gasteiger partial charge in [-0.25, -0.2) is 23.8 Å². The van der Waals surface area contributed by atoms with Gasteiger partial charge in [0.05, 0.1) is 29.2 Å². The van der Waals surface area contributed by atoms with Gasteiger partial charge in [0.1, 0.15) is 12.1 Å². The minimum absolute atomic E-state index is 0.113. The molecule has 2 aliphatic heterocycles. The highest BCUT2D eigenvalue weighted by Gasteiger charge is 2.42. The summed E-state index contributed by atoms with van der Waals surface area (Å²) in [6.45, 7) is 5.18. The molecular weight excluding hydrogens is 366 g/mol. The molecule has 1 saturated carbocycles. The van der Waals surface area contributed by atoms with E-state index in [2.05, 4.69) is 34.7 Å². The topological polar surface area (TPSA) is 96.5 Å². The highest BCUT2D eigenvalue weighted by molar-refractivity contribution is 7.91. The molecule has 3 fully saturated rings. The second-order valence-electron chi connectivity index (χ2n) is 8.31. The average Bonchev–Trinajstić information content (AvgIpc) is 2.95. The highest BCUT2D eigenvalue weighted by Crippen LogP contribution is 2.39. The lowest BCUT2D eigenvalue weighted by atomic mass is 9.79. The van der Waals surface area contributed by atoms with Crippen molar-refractivity contribution in [3.8, 4) is 0 Å². The van der Waals surface area contributed by atoms with Gasteiger partial charge in [0.2, 0.25) is 0 Å². The van der Waals surface area contributed by atoms with E-state index in [0.717, 1.165) is 30.8 Å². The van der Waals surface area contributed by atoms with Crippen molar-refractivity contribution in [3.05, 3.63) is 18.1 Å². The fourth-order valence-electron chi connectivity index (χ4n) is 4.42. The van der Waals surface area contributed by atoms with Crippen LogP contribution in [0.4, 0.5) is 5.82 Å². The molecule has 0 amide bonds. The number of nitrogens with zero attached hydrogens (tertiary/aromatic N) is 3. The van der Waals surface area contributed by atoms with Crippen molar-refractivity contribution in [1.29, 1.82) is 0 Å². The third kappa shape index (κ3) is 3.96. The second-order valence-corrected chi connectivity index (χ2v) is 10.6. The monoisotopic (exact) mass is 395 g/mol. The molecule has 0 spiro atoms. The molecule has 0 aromatic carbocycles. The van der Waals surface area contributed by atoms with Crippen molar-refractivity contribution in [1.82, 2.24) is 20.8 Å². The van der Waals surface area contributed by atoms with E-state index in [-0.39, 0.29) is 17.4 Å². The molecule has 4 rings (SSSR count). The summed E-state index contributed by atoms with van der Waals surface area (Å²) in [4.78, 5) is 10.9. The van der Waals surface area contributed by atoms with Crippen LogP contribution >= 0.6 is 0 Å². The molecule has 2 N–H and O–H groups in total. The minimum atomic E-state index is -2.99. The number of hydrogen-bond acceptors (Lipinski definition) is 8. The third-order valence-corrected chi connectivity index (χ3v) is 7.45. The summed E-state index contributed by atoms with van der Waals surface area (Å²) >= 11 is 0. The molecule has 150 valence electrons. The largest absolute Gasteiger partial charge is 0.376 e. The molecule has 27 heavy (non-hydrogen) atoms. The Hall–Kier alpha value is -1.29. The Balaban J connectivity index is 1.46. The molecule has 3 heterocycles. The van der Waals surface area contributed by atoms with Crippen LogP contribution in [-0.4, -0.2) is 61.2 Å². The van der Waals surface area contributed by atoms with Crippen molar-refractivity contribution >= 4 is 15.7 Å². The van der Waals surface area contributed by atoms with Gasteiger partial charge in [0, 0.05) is 37.4 Å². The van der Waals surface area contributed by atoms with Crippen LogP contribution in [0.3, 0.4) is 0 Å². The zero-order valence-corrected chi connectivity index (χ0v) is 16.9. The van der Waals surface area contributed by atoms with Gasteiger partial charge in [-0.1, -0.05) is 0 Å². The second kappa shape index (κ2) is 7.27. The Morgan fingerprint density at radius 1 is 1.22 bits per heavy atom. The molecule has 1 aliphatic carbocycles. The van der Waals surface area contributed by atoms with Crippen molar-refractivity contribution < 1.29 is 13.2 Å². The molecule has 4 unspecified atom stereocenters. The lowest BCUT2D eigenvalue weighted by molar-refractivity contribution is -0.0276. The van der Waals surface area contributed by atoms with Gasteiger partial charge < -0.3 is 9.64 Å². The molecule has 1 aromatic rings. The summed E-state index contributed by atoms with van der Waals surface area (Å²) in [5.41, 5.74) is 7.79. The lowest BCUT2D eigenvalue weighted by Crippen LogP contribution is -2.54. The predicted octanol–water partition coefficient (Wildman–Crippen LogP) is 0.821. The van der Waals surface area contributed by atoms with Gasteiger partial charge in [-0.15, -0.1) is 0 Å². The summed E-state index contributed by atoms with van der Waals surface area (Å²) in [5, 5.41) is -0.293. The Labute approximate surface area is 161 Å². The van der Waals surface area contributed by atoms with Crippen LogP contribution in [0.2, 0.25) is 0 Å². The van der Waals surface area contributed by atoms with Crippen LogP contribution in [0.25, 0.3) is 0 Å². The summed E-state index contributed by atoms with van der Waals surface area (Å²) in [6, 6.07) is 2.54. The summed E-state index contributed by atoms with van der Waals surface area (Å²) in [6.07, 6.45) is 6.59. The summed E-state index contributed by atoms with van der Waals surface area (Å²) in [5.74, 6) is 1.22. The number of fused-ring (bicyclic) bond motifs is 1. The molecule has 2 saturated heterocycles. The number of ether oxygens (including phenoxy) is 1. The van der Waals surface area contributed by atoms with Crippen LogP contribution in [0.15, 0.2) is 12.4 Å². The smallest absolute Gasteiger partial charge is 0.153 e. The molecule has 4 atom stereocenters. The van der Waals surface area contributed by atoms with Crippen LogP contribution in [0.1, 0.15) is 44.8 Å². The molecule has 9 heteroatoms. The normalized spacial score (nSPS) is 31.8. The first-order valence-electron chi connectivity index (χ1n) is 9.73. The standard InChI is InChI=1S/C18H29N5O3S/c1-11(2)26-12-4-5-15-14(6-12)18(22-21-15)16-7-17(20-10-19-16)23-8-13(9-23)27(3,24)25/h7,10-15,18,21-22H,4-6,8-9H2,1-3H3. The van der Waals surface area contributed by atoms with Crippen LogP contribution < -0.4 is 15.8 Å². The van der Waals surface area contributed by atoms with Gasteiger partial charge in [0.15, 0.2) is 9.84 Å². The van der Waals surface area contributed by atoms with E-state index in [9.17, 15) is 8.42 Å². The van der Waals surface area contributed by atoms with Crippen LogP contribution in [0.5, 0.6) is 0 Å². The molecule has 1 aromatic heterocycles. The Morgan fingerprint density at radius 2 is 2.00 bits per heavy atom. The molecule has 0 bridgehead atoms. The first kappa shape index (κ1) is 19.0. The Bertz CT molecular complexity index is 781. The first-order chi connectivity index (χ1) is 12.8. The van der Waals surface area contributed by atoms with Crippen molar-refractivity contribution in [3.63, 3.8) is 0 Å². The van der Waals surface area contributed by atoms with E-state index in [1.807, 2.05) is 11.0 Å². The van der Waals surface area contributed by atoms with Crippen LogP contribution in [0, 0.1) is 5.92 Å². The lowest BCUT2D eigenvalue weighted by Gasteiger charge is -2.39. The fourth-order valence-corrected chi connectivity index (χ4v) is 5.32. The number of rotatable bonds is 5. The number of nitrogens with one attached hydrogen (secondary N) is 2. The van der Waals surface area contributed by atoms with Gasteiger partial charge in [0.25, 0.3) is 0 Å². The van der Waals surface area contributed by atoms with Gasteiger partial charge in [-0.2, -0.15) is 0 Å². The van der Waals surface area contributed by atoms with E-state index in [1.54, 1.807) is 6.33 Å². The fraction of sp³-hybridized carbons (Fsp3) is 0.778.